The van der Waals surface area contributed by atoms with Crippen LogP contribution in [0.25, 0.3) is 0 Å². The molecule has 0 bridgehead atoms. The van der Waals surface area contributed by atoms with Crippen molar-refractivity contribution in [1.29, 1.82) is 0 Å². The van der Waals surface area contributed by atoms with Crippen molar-refractivity contribution in [3.63, 3.8) is 0 Å². The average molecular weight is 350 g/mol. The van der Waals surface area contributed by atoms with E-state index in [-0.39, 0.29) is 16.7 Å². The average Bonchev–Trinajstić information content (AvgIpc) is 2.63. The Labute approximate surface area is 147 Å². The Morgan fingerprint density at radius 3 is 2.60 bits per heavy atom. The van der Waals surface area contributed by atoms with Gasteiger partial charge in [0.05, 0.1) is 18.1 Å². The first-order valence-corrected chi connectivity index (χ1v) is 9.08. The highest BCUT2D eigenvalue weighted by molar-refractivity contribution is 5.73. The molecular weight excluding hydrogens is 324 g/mol. The van der Waals surface area contributed by atoms with Crippen LogP contribution >= 0.6 is 0 Å². The van der Waals surface area contributed by atoms with Crippen LogP contribution in [0.5, 0.6) is 0 Å². The van der Waals surface area contributed by atoms with Crippen LogP contribution in [0.3, 0.4) is 0 Å². The van der Waals surface area contributed by atoms with Gasteiger partial charge in [-0.15, -0.1) is 0 Å². The van der Waals surface area contributed by atoms with E-state index < -0.39 is 0 Å². The van der Waals surface area contributed by atoms with Crippen molar-refractivity contribution in [3.8, 4) is 0 Å². The molecule has 1 saturated heterocycles. The van der Waals surface area contributed by atoms with Gasteiger partial charge in [-0.1, -0.05) is 19.3 Å². The van der Waals surface area contributed by atoms with Crippen molar-refractivity contribution in [2.75, 3.05) is 48.4 Å². The number of nitrogens with one attached hydrogen (secondary N) is 2. The fourth-order valence-electron chi connectivity index (χ4n) is 3.38. The number of nitro groups is 1. The summed E-state index contributed by atoms with van der Waals surface area (Å²) in [6.45, 7) is 4.88. The summed E-state index contributed by atoms with van der Waals surface area (Å²) >= 11 is 0. The van der Waals surface area contributed by atoms with E-state index in [9.17, 15) is 10.1 Å². The quantitative estimate of drug-likeness (QED) is 0.595. The van der Waals surface area contributed by atoms with Gasteiger partial charge in [0.25, 0.3) is 0 Å². The summed E-state index contributed by atoms with van der Waals surface area (Å²) in [4.78, 5) is 22.2. The van der Waals surface area contributed by atoms with Gasteiger partial charge in [-0.2, -0.15) is 9.97 Å². The Hall–Kier alpha value is -2.16. The second-order valence-electron chi connectivity index (χ2n) is 6.43. The van der Waals surface area contributed by atoms with Crippen LogP contribution in [0.2, 0.25) is 0 Å². The third kappa shape index (κ3) is 4.28. The molecule has 0 spiro atoms. The maximum atomic E-state index is 11.8. The smallest absolute Gasteiger partial charge is 0.353 e. The fraction of sp³-hybridized carbons (Fsp3) is 0.750. The molecule has 3 rings (SSSR count). The predicted octanol–water partition coefficient (Wildman–Crippen LogP) is 2.40. The van der Waals surface area contributed by atoms with E-state index in [1.807, 2.05) is 11.8 Å². The summed E-state index contributed by atoms with van der Waals surface area (Å²) in [7, 11) is 0. The Morgan fingerprint density at radius 1 is 1.24 bits per heavy atom. The van der Waals surface area contributed by atoms with Crippen LogP contribution < -0.4 is 15.5 Å². The Balaban J connectivity index is 1.97. The van der Waals surface area contributed by atoms with Crippen molar-refractivity contribution in [1.82, 2.24) is 9.97 Å². The van der Waals surface area contributed by atoms with Crippen LogP contribution in [0.4, 0.5) is 23.3 Å². The van der Waals surface area contributed by atoms with Gasteiger partial charge < -0.3 is 20.3 Å². The molecule has 2 heterocycles. The number of morpholine rings is 1. The molecule has 0 amide bonds. The molecule has 1 saturated carbocycles. The summed E-state index contributed by atoms with van der Waals surface area (Å²) in [6, 6.07) is 0.231. The normalized spacial score (nSPS) is 18.8. The van der Waals surface area contributed by atoms with Gasteiger partial charge >= 0.3 is 5.69 Å². The van der Waals surface area contributed by atoms with Crippen LogP contribution in [0, 0.1) is 10.1 Å². The zero-order valence-electron chi connectivity index (χ0n) is 14.7. The molecule has 9 heteroatoms. The summed E-state index contributed by atoms with van der Waals surface area (Å²) in [5.41, 5.74) is -0.0332. The minimum absolute atomic E-state index is 0.0332. The number of hydrogen-bond acceptors (Lipinski definition) is 8. The maximum Gasteiger partial charge on any atom is 0.353 e. The lowest BCUT2D eigenvalue weighted by atomic mass is 9.95. The third-order valence-corrected chi connectivity index (χ3v) is 4.64. The van der Waals surface area contributed by atoms with E-state index in [0.717, 1.165) is 25.7 Å². The van der Waals surface area contributed by atoms with Crippen LogP contribution in [0.15, 0.2) is 0 Å². The molecule has 1 aromatic rings. The molecule has 0 radical (unpaired) electrons. The minimum Gasteiger partial charge on any atom is -0.378 e. The first kappa shape index (κ1) is 17.7. The van der Waals surface area contributed by atoms with Gasteiger partial charge in [0.2, 0.25) is 17.6 Å². The highest BCUT2D eigenvalue weighted by Crippen LogP contribution is 2.35. The minimum atomic E-state index is -0.369. The first-order valence-electron chi connectivity index (χ1n) is 9.08. The summed E-state index contributed by atoms with van der Waals surface area (Å²) in [5, 5.41) is 18.2. The van der Waals surface area contributed by atoms with Crippen molar-refractivity contribution >= 4 is 23.3 Å². The van der Waals surface area contributed by atoms with Crippen LogP contribution in [0.1, 0.15) is 39.0 Å². The second-order valence-corrected chi connectivity index (χ2v) is 6.43. The molecule has 9 nitrogen and oxygen atoms in total. The van der Waals surface area contributed by atoms with Gasteiger partial charge in [-0.3, -0.25) is 10.1 Å². The number of rotatable bonds is 6. The van der Waals surface area contributed by atoms with E-state index in [4.69, 9.17) is 4.74 Å². The van der Waals surface area contributed by atoms with Gasteiger partial charge in [-0.25, -0.2) is 0 Å². The summed E-state index contributed by atoms with van der Waals surface area (Å²) < 4.78 is 5.36. The second kappa shape index (κ2) is 8.28. The van der Waals surface area contributed by atoms with E-state index in [0.29, 0.717) is 50.4 Å². The van der Waals surface area contributed by atoms with E-state index in [1.165, 1.54) is 6.42 Å². The SMILES string of the molecule is CCNc1nc(NC2CCCCC2)c([N+](=O)[O-])c(N2CCOCC2)n1. The van der Waals surface area contributed by atoms with Crippen molar-refractivity contribution in [2.45, 2.75) is 45.1 Å². The number of ether oxygens (including phenoxy) is 1. The Kier molecular flexibility index (Phi) is 5.85. The molecule has 0 aromatic carbocycles. The van der Waals surface area contributed by atoms with Crippen molar-refractivity contribution < 1.29 is 9.66 Å². The first-order chi connectivity index (χ1) is 12.2. The number of anilines is 3. The summed E-state index contributed by atoms with van der Waals surface area (Å²) in [5.74, 6) is 1.12. The molecule has 1 aliphatic carbocycles. The molecule has 2 N–H and O–H groups in total. The lowest BCUT2D eigenvalue weighted by Gasteiger charge is -2.29. The van der Waals surface area contributed by atoms with Crippen LogP contribution in [-0.2, 0) is 4.74 Å². The number of aromatic nitrogens is 2. The lowest BCUT2D eigenvalue weighted by Crippen LogP contribution is -2.37. The molecular formula is C16H26N6O3. The zero-order valence-corrected chi connectivity index (χ0v) is 14.7. The van der Waals surface area contributed by atoms with Gasteiger partial charge in [0.1, 0.15) is 0 Å². The van der Waals surface area contributed by atoms with E-state index in [1.54, 1.807) is 0 Å². The van der Waals surface area contributed by atoms with E-state index in [2.05, 4.69) is 20.6 Å². The molecule has 25 heavy (non-hydrogen) atoms. The standard InChI is InChI=1S/C16H26N6O3/c1-2-17-16-19-14(18-12-6-4-3-5-7-12)13(22(23)24)15(20-16)21-8-10-25-11-9-21/h12H,2-11H2,1H3,(H2,17,18,19,20). The fourth-order valence-corrected chi connectivity index (χ4v) is 3.38. The molecule has 138 valence electrons. The summed E-state index contributed by atoms with van der Waals surface area (Å²) in [6.07, 6.45) is 5.56. The number of hydrogen-bond donors (Lipinski definition) is 2. The predicted molar refractivity (Wildman–Crippen MR) is 96.4 cm³/mol. The number of nitrogens with zero attached hydrogens (tertiary/aromatic N) is 4. The van der Waals surface area contributed by atoms with Crippen LogP contribution in [-0.4, -0.2) is 53.8 Å². The third-order valence-electron chi connectivity index (χ3n) is 4.64. The zero-order chi connectivity index (χ0) is 17.6. The maximum absolute atomic E-state index is 11.8. The highest BCUT2D eigenvalue weighted by atomic mass is 16.6. The molecule has 2 aliphatic rings. The topological polar surface area (TPSA) is 105 Å². The van der Waals surface area contributed by atoms with Crippen molar-refractivity contribution in [2.24, 2.45) is 0 Å². The van der Waals surface area contributed by atoms with E-state index >= 15 is 0 Å². The molecule has 1 aromatic heterocycles. The molecule has 2 fully saturated rings. The van der Waals surface area contributed by atoms with Gasteiger partial charge in [-0.05, 0) is 19.8 Å². The molecule has 0 unspecified atom stereocenters. The molecule has 0 atom stereocenters. The molecule has 1 aliphatic heterocycles. The Bertz CT molecular complexity index is 600. The van der Waals surface area contributed by atoms with Gasteiger partial charge in [0.15, 0.2) is 0 Å². The Morgan fingerprint density at radius 2 is 1.96 bits per heavy atom. The highest BCUT2D eigenvalue weighted by Gasteiger charge is 2.31. The van der Waals surface area contributed by atoms with Crippen molar-refractivity contribution in [3.05, 3.63) is 10.1 Å². The monoisotopic (exact) mass is 350 g/mol. The lowest BCUT2D eigenvalue weighted by molar-refractivity contribution is -0.383. The van der Waals surface area contributed by atoms with Gasteiger partial charge in [0, 0.05) is 25.7 Å². The largest absolute Gasteiger partial charge is 0.378 e.